The average Bonchev–Trinajstić information content (AvgIpc) is 2.45. The number of rotatable bonds is 6. The van der Waals surface area contributed by atoms with E-state index in [1.807, 2.05) is 18.2 Å². The average molecular weight is 276 g/mol. The molecule has 0 spiro atoms. The van der Waals surface area contributed by atoms with Gasteiger partial charge in [0.2, 0.25) is 5.95 Å². The lowest BCUT2D eigenvalue weighted by atomic mass is 10.1. The third-order valence-corrected chi connectivity index (χ3v) is 3.12. The predicted molar refractivity (Wildman–Crippen MR) is 79.9 cm³/mol. The molecule has 1 atom stereocenters. The fourth-order valence-electron chi connectivity index (χ4n) is 2.12. The minimum Gasteiger partial charge on any atom is -0.497 e. The zero-order chi connectivity index (χ0) is 14.5. The molecule has 0 saturated heterocycles. The number of anilines is 2. The van der Waals surface area contributed by atoms with Crippen LogP contribution in [-0.4, -0.2) is 34.8 Å². The van der Waals surface area contributed by atoms with Crippen LogP contribution in [0.3, 0.4) is 0 Å². The topological polar surface area (TPSA) is 93.3 Å². The zero-order valence-corrected chi connectivity index (χ0v) is 11.8. The summed E-state index contributed by atoms with van der Waals surface area (Å²) in [6.07, 6.45) is 1.84. The first-order chi connectivity index (χ1) is 9.67. The zero-order valence-electron chi connectivity index (χ0n) is 11.8. The summed E-state index contributed by atoms with van der Waals surface area (Å²) in [5, 5.41) is 13.5. The van der Waals surface area contributed by atoms with Crippen molar-refractivity contribution in [2.75, 3.05) is 24.8 Å². The first-order valence-corrected chi connectivity index (χ1v) is 6.66. The predicted octanol–water partition coefficient (Wildman–Crippen LogP) is 1.79. The van der Waals surface area contributed by atoms with E-state index in [0.29, 0.717) is 17.1 Å². The molecule has 0 saturated carbocycles. The minimum atomic E-state index is -0.0420. The van der Waals surface area contributed by atoms with Crippen molar-refractivity contribution in [2.24, 2.45) is 0 Å². The van der Waals surface area contributed by atoms with Gasteiger partial charge in [-0.1, -0.05) is 13.3 Å². The molecule has 20 heavy (non-hydrogen) atoms. The van der Waals surface area contributed by atoms with Crippen molar-refractivity contribution in [2.45, 2.75) is 25.8 Å². The number of methoxy groups -OCH3 is 1. The number of hydrogen-bond acceptors (Lipinski definition) is 6. The van der Waals surface area contributed by atoms with E-state index < -0.39 is 0 Å². The SMILES string of the molecule is CCC[C@@H](CO)Nc1nc(N)nc2cc(OC)ccc12. The van der Waals surface area contributed by atoms with Crippen LogP contribution in [0.2, 0.25) is 0 Å². The molecule has 0 aliphatic heterocycles. The van der Waals surface area contributed by atoms with Gasteiger partial charge in [-0.05, 0) is 18.6 Å². The number of fused-ring (bicyclic) bond motifs is 1. The summed E-state index contributed by atoms with van der Waals surface area (Å²) in [5.74, 6) is 1.55. The molecule has 2 rings (SSSR count). The van der Waals surface area contributed by atoms with Gasteiger partial charge >= 0.3 is 0 Å². The maximum Gasteiger partial charge on any atom is 0.222 e. The first-order valence-electron chi connectivity index (χ1n) is 6.66. The summed E-state index contributed by atoms with van der Waals surface area (Å²) in [5.41, 5.74) is 6.46. The summed E-state index contributed by atoms with van der Waals surface area (Å²) in [6.45, 7) is 2.12. The molecule has 0 bridgehead atoms. The van der Waals surface area contributed by atoms with Crippen LogP contribution in [0.4, 0.5) is 11.8 Å². The number of ether oxygens (including phenoxy) is 1. The third kappa shape index (κ3) is 3.08. The number of aromatic nitrogens is 2. The molecular weight excluding hydrogens is 256 g/mol. The summed E-state index contributed by atoms with van der Waals surface area (Å²) in [7, 11) is 1.61. The van der Waals surface area contributed by atoms with Gasteiger partial charge in [-0.25, -0.2) is 4.98 Å². The van der Waals surface area contributed by atoms with Crippen LogP contribution in [0.5, 0.6) is 5.75 Å². The van der Waals surface area contributed by atoms with Crippen LogP contribution in [0, 0.1) is 0 Å². The maximum absolute atomic E-state index is 9.38. The van der Waals surface area contributed by atoms with E-state index in [9.17, 15) is 5.11 Å². The monoisotopic (exact) mass is 276 g/mol. The van der Waals surface area contributed by atoms with Crippen molar-refractivity contribution in [1.82, 2.24) is 9.97 Å². The van der Waals surface area contributed by atoms with Gasteiger partial charge in [0.25, 0.3) is 0 Å². The lowest BCUT2D eigenvalue weighted by Crippen LogP contribution is -2.24. The molecule has 0 fully saturated rings. The Morgan fingerprint density at radius 2 is 2.20 bits per heavy atom. The van der Waals surface area contributed by atoms with E-state index in [1.165, 1.54) is 0 Å². The second kappa shape index (κ2) is 6.38. The molecule has 6 heteroatoms. The molecule has 0 unspecified atom stereocenters. The van der Waals surface area contributed by atoms with E-state index in [-0.39, 0.29) is 18.6 Å². The summed E-state index contributed by atoms with van der Waals surface area (Å²) >= 11 is 0. The first kappa shape index (κ1) is 14.3. The second-order valence-electron chi connectivity index (χ2n) is 4.63. The Bertz CT molecular complexity index is 589. The van der Waals surface area contributed by atoms with Gasteiger partial charge in [-0.2, -0.15) is 4.98 Å². The van der Waals surface area contributed by atoms with Crippen LogP contribution < -0.4 is 15.8 Å². The molecule has 1 heterocycles. The van der Waals surface area contributed by atoms with Crippen LogP contribution in [0.15, 0.2) is 18.2 Å². The van der Waals surface area contributed by atoms with Crippen LogP contribution in [-0.2, 0) is 0 Å². The lowest BCUT2D eigenvalue weighted by molar-refractivity contribution is 0.268. The number of hydrogen-bond donors (Lipinski definition) is 3. The molecule has 1 aromatic heterocycles. The van der Waals surface area contributed by atoms with Crippen molar-refractivity contribution < 1.29 is 9.84 Å². The van der Waals surface area contributed by atoms with Crippen molar-refractivity contribution in [3.05, 3.63) is 18.2 Å². The summed E-state index contributed by atoms with van der Waals surface area (Å²) in [4.78, 5) is 8.44. The van der Waals surface area contributed by atoms with Crippen LogP contribution >= 0.6 is 0 Å². The summed E-state index contributed by atoms with van der Waals surface area (Å²) < 4.78 is 5.18. The highest BCUT2D eigenvalue weighted by Gasteiger charge is 2.12. The highest BCUT2D eigenvalue weighted by Crippen LogP contribution is 2.26. The van der Waals surface area contributed by atoms with Crippen molar-refractivity contribution >= 4 is 22.7 Å². The lowest BCUT2D eigenvalue weighted by Gasteiger charge is -2.17. The van der Waals surface area contributed by atoms with Gasteiger partial charge < -0.3 is 20.9 Å². The highest BCUT2D eigenvalue weighted by molar-refractivity contribution is 5.91. The van der Waals surface area contributed by atoms with Crippen molar-refractivity contribution in [3.63, 3.8) is 0 Å². The Balaban J connectivity index is 2.41. The summed E-state index contributed by atoms with van der Waals surface area (Å²) in [6, 6.07) is 5.50. The highest BCUT2D eigenvalue weighted by atomic mass is 16.5. The molecule has 0 radical (unpaired) electrons. The van der Waals surface area contributed by atoms with E-state index in [2.05, 4.69) is 22.2 Å². The smallest absolute Gasteiger partial charge is 0.222 e. The van der Waals surface area contributed by atoms with Gasteiger partial charge in [-0.3, -0.25) is 0 Å². The standard InChI is InChI=1S/C14H20N4O2/c1-3-4-9(8-19)16-13-11-6-5-10(20-2)7-12(11)17-14(15)18-13/h5-7,9,19H,3-4,8H2,1-2H3,(H3,15,16,17,18)/t9-/m0/s1. The largest absolute Gasteiger partial charge is 0.497 e. The van der Waals surface area contributed by atoms with E-state index in [0.717, 1.165) is 18.2 Å². The number of nitrogen functional groups attached to an aromatic ring is 1. The molecule has 6 nitrogen and oxygen atoms in total. The quantitative estimate of drug-likeness (QED) is 0.745. The van der Waals surface area contributed by atoms with Gasteiger partial charge in [0.1, 0.15) is 11.6 Å². The van der Waals surface area contributed by atoms with Crippen molar-refractivity contribution in [3.8, 4) is 5.75 Å². The van der Waals surface area contributed by atoms with E-state index >= 15 is 0 Å². The van der Waals surface area contributed by atoms with Crippen molar-refractivity contribution in [1.29, 1.82) is 0 Å². The fourth-order valence-corrected chi connectivity index (χ4v) is 2.12. The Labute approximate surface area is 118 Å². The molecular formula is C14H20N4O2. The Morgan fingerprint density at radius 1 is 1.40 bits per heavy atom. The third-order valence-electron chi connectivity index (χ3n) is 3.12. The number of nitrogens with two attached hydrogens (primary N) is 1. The number of aliphatic hydroxyl groups excluding tert-OH is 1. The van der Waals surface area contributed by atoms with E-state index in [4.69, 9.17) is 10.5 Å². The molecule has 0 aliphatic rings. The molecule has 1 aromatic carbocycles. The van der Waals surface area contributed by atoms with Gasteiger partial charge in [0.15, 0.2) is 0 Å². The van der Waals surface area contributed by atoms with Gasteiger partial charge in [-0.15, -0.1) is 0 Å². The Morgan fingerprint density at radius 3 is 2.85 bits per heavy atom. The van der Waals surface area contributed by atoms with Crippen LogP contribution in [0.25, 0.3) is 10.9 Å². The van der Waals surface area contributed by atoms with Gasteiger partial charge in [0, 0.05) is 11.5 Å². The molecule has 108 valence electrons. The molecule has 0 aliphatic carbocycles. The Hall–Kier alpha value is -2.08. The molecule has 4 N–H and O–H groups in total. The second-order valence-corrected chi connectivity index (χ2v) is 4.63. The molecule has 2 aromatic rings. The van der Waals surface area contributed by atoms with Crippen LogP contribution in [0.1, 0.15) is 19.8 Å². The number of aliphatic hydroxyl groups is 1. The normalized spacial score (nSPS) is 12.3. The maximum atomic E-state index is 9.38. The fraction of sp³-hybridized carbons (Fsp3) is 0.429. The minimum absolute atomic E-state index is 0.0420. The number of benzene rings is 1. The number of nitrogens with one attached hydrogen (secondary N) is 1. The van der Waals surface area contributed by atoms with E-state index in [1.54, 1.807) is 7.11 Å². The number of nitrogens with zero attached hydrogens (tertiary/aromatic N) is 2. The Kier molecular flexibility index (Phi) is 4.57. The molecule has 0 amide bonds. The van der Waals surface area contributed by atoms with Gasteiger partial charge in [0.05, 0.1) is 25.3 Å².